The van der Waals surface area contributed by atoms with E-state index < -0.39 is 23.9 Å². The van der Waals surface area contributed by atoms with Gasteiger partial charge >= 0.3 is 12.0 Å². The molecular weight excluding hydrogens is 242 g/mol. The number of carbonyl (C=O) groups excluding carboxylic acids is 2. The Kier molecular flexibility index (Phi) is 5.37. The summed E-state index contributed by atoms with van der Waals surface area (Å²) in [4.78, 5) is 32.5. The fourth-order valence-electron chi connectivity index (χ4n) is 1.41. The van der Waals surface area contributed by atoms with E-state index in [1.165, 1.54) is 0 Å². The van der Waals surface area contributed by atoms with Gasteiger partial charge in [0.1, 0.15) is 12.6 Å². The molecule has 0 heterocycles. The lowest BCUT2D eigenvalue weighted by Gasteiger charge is -2.14. The van der Waals surface area contributed by atoms with Crippen molar-refractivity contribution >= 4 is 17.9 Å². The van der Waals surface area contributed by atoms with Crippen molar-refractivity contribution in [2.75, 3.05) is 19.8 Å². The highest BCUT2D eigenvalue weighted by atomic mass is 16.5. The number of carbonyl (C=O) groups is 3. The first kappa shape index (κ1) is 14.2. The molecule has 1 rings (SSSR count). The van der Waals surface area contributed by atoms with Crippen molar-refractivity contribution in [2.24, 2.45) is 11.7 Å². The largest absolute Gasteiger partial charge is 0.480 e. The van der Waals surface area contributed by atoms with Gasteiger partial charge in [-0.05, 0) is 18.8 Å². The zero-order chi connectivity index (χ0) is 13.5. The zero-order valence-electron chi connectivity index (χ0n) is 9.85. The van der Waals surface area contributed by atoms with Gasteiger partial charge in [0.25, 0.3) is 0 Å². The van der Waals surface area contributed by atoms with Crippen molar-refractivity contribution in [3.05, 3.63) is 0 Å². The van der Waals surface area contributed by atoms with E-state index >= 15 is 0 Å². The third-order valence-corrected chi connectivity index (χ3v) is 2.42. The molecule has 8 heteroatoms. The predicted octanol–water partition coefficient (Wildman–Crippen LogP) is -1.35. The number of urea groups is 1. The summed E-state index contributed by atoms with van der Waals surface area (Å²) in [6, 6.07) is -1.39. The summed E-state index contributed by atoms with van der Waals surface area (Å²) in [5.74, 6) is -1.59. The molecule has 0 aromatic rings. The van der Waals surface area contributed by atoms with Crippen LogP contribution in [0.15, 0.2) is 0 Å². The van der Waals surface area contributed by atoms with Crippen molar-refractivity contribution in [1.82, 2.24) is 10.6 Å². The number of carboxylic acids is 1. The molecule has 5 N–H and O–H groups in total. The average Bonchev–Trinajstić information content (AvgIpc) is 3.08. The summed E-state index contributed by atoms with van der Waals surface area (Å²) in [5, 5.41) is 13.7. The summed E-state index contributed by atoms with van der Waals surface area (Å²) in [7, 11) is 0. The first-order valence-corrected chi connectivity index (χ1v) is 5.64. The smallest absolute Gasteiger partial charge is 0.326 e. The monoisotopic (exact) mass is 259 g/mol. The highest BCUT2D eigenvalue weighted by Crippen LogP contribution is 2.32. The summed E-state index contributed by atoms with van der Waals surface area (Å²) in [5.41, 5.74) is 4.85. The summed E-state index contributed by atoms with van der Waals surface area (Å²) in [6.07, 6.45) is 1.64. The number of carboxylic acid groups (broad SMARTS) is 1. The molecular formula is C10H17N3O5. The highest BCUT2D eigenvalue weighted by Gasteiger charge is 2.37. The van der Waals surface area contributed by atoms with Crippen LogP contribution in [0, 0.1) is 5.92 Å². The van der Waals surface area contributed by atoms with Crippen LogP contribution in [0.4, 0.5) is 4.79 Å². The molecule has 0 spiro atoms. The second-order valence-electron chi connectivity index (χ2n) is 4.07. The Morgan fingerprint density at radius 1 is 1.39 bits per heavy atom. The van der Waals surface area contributed by atoms with E-state index in [-0.39, 0.29) is 25.7 Å². The fourth-order valence-corrected chi connectivity index (χ4v) is 1.41. The molecule has 0 saturated heterocycles. The minimum absolute atomic E-state index is 0.0272. The SMILES string of the molecule is NC(=O)COCCNC(=O)NC(C(=O)O)C1CC1. The van der Waals surface area contributed by atoms with Gasteiger partial charge in [-0.1, -0.05) is 0 Å². The van der Waals surface area contributed by atoms with Crippen molar-refractivity contribution in [2.45, 2.75) is 18.9 Å². The summed E-state index contributed by atoms with van der Waals surface area (Å²) in [6.45, 7) is 0.108. The van der Waals surface area contributed by atoms with E-state index in [1.807, 2.05) is 0 Å². The van der Waals surface area contributed by atoms with Crippen molar-refractivity contribution in [3.63, 3.8) is 0 Å². The van der Waals surface area contributed by atoms with Crippen LogP contribution in [0.25, 0.3) is 0 Å². The second-order valence-corrected chi connectivity index (χ2v) is 4.07. The van der Waals surface area contributed by atoms with E-state index in [9.17, 15) is 14.4 Å². The van der Waals surface area contributed by atoms with E-state index in [0.29, 0.717) is 0 Å². The van der Waals surface area contributed by atoms with E-state index in [1.54, 1.807) is 0 Å². The molecule has 102 valence electrons. The molecule has 0 aromatic carbocycles. The molecule has 0 bridgehead atoms. The van der Waals surface area contributed by atoms with Crippen LogP contribution in [0.3, 0.4) is 0 Å². The minimum atomic E-state index is -1.03. The predicted molar refractivity (Wildman–Crippen MR) is 60.7 cm³/mol. The Labute approximate surface area is 104 Å². The van der Waals surface area contributed by atoms with Crippen LogP contribution < -0.4 is 16.4 Å². The third kappa shape index (κ3) is 5.48. The summed E-state index contributed by atoms with van der Waals surface area (Å²) >= 11 is 0. The molecule has 0 aliphatic heterocycles. The molecule has 8 nitrogen and oxygen atoms in total. The number of aliphatic carboxylic acids is 1. The van der Waals surface area contributed by atoms with Crippen LogP contribution in [-0.4, -0.2) is 48.8 Å². The number of amides is 3. The lowest BCUT2D eigenvalue weighted by atomic mass is 10.2. The van der Waals surface area contributed by atoms with Gasteiger partial charge in [0.2, 0.25) is 5.91 Å². The molecule has 18 heavy (non-hydrogen) atoms. The van der Waals surface area contributed by atoms with Crippen molar-refractivity contribution in [3.8, 4) is 0 Å². The topological polar surface area (TPSA) is 131 Å². The van der Waals surface area contributed by atoms with Gasteiger partial charge in [-0.15, -0.1) is 0 Å². The van der Waals surface area contributed by atoms with Gasteiger partial charge in [0.05, 0.1) is 6.61 Å². The lowest BCUT2D eigenvalue weighted by Crippen LogP contribution is -2.47. The van der Waals surface area contributed by atoms with Gasteiger partial charge in [-0.3, -0.25) is 4.79 Å². The average molecular weight is 259 g/mol. The van der Waals surface area contributed by atoms with Gasteiger partial charge in [0, 0.05) is 6.54 Å². The Morgan fingerprint density at radius 2 is 2.06 bits per heavy atom. The zero-order valence-corrected chi connectivity index (χ0v) is 9.85. The third-order valence-electron chi connectivity index (χ3n) is 2.42. The van der Waals surface area contributed by atoms with E-state index in [0.717, 1.165) is 12.8 Å². The highest BCUT2D eigenvalue weighted by molar-refractivity contribution is 5.83. The number of rotatable bonds is 8. The standard InChI is InChI=1S/C10H17N3O5/c11-7(14)5-18-4-3-12-10(17)13-8(9(15)16)6-1-2-6/h6,8H,1-5H2,(H2,11,14)(H,15,16)(H2,12,13,17). The Bertz CT molecular complexity index is 329. The van der Waals surface area contributed by atoms with Crippen LogP contribution in [0.5, 0.6) is 0 Å². The Balaban J connectivity index is 2.12. The quantitative estimate of drug-likeness (QED) is 0.400. The minimum Gasteiger partial charge on any atom is -0.480 e. The Morgan fingerprint density at radius 3 is 2.56 bits per heavy atom. The van der Waals surface area contributed by atoms with Gasteiger partial charge < -0.3 is 26.2 Å². The van der Waals surface area contributed by atoms with Gasteiger partial charge in [-0.2, -0.15) is 0 Å². The van der Waals surface area contributed by atoms with Crippen LogP contribution in [-0.2, 0) is 14.3 Å². The number of nitrogens with two attached hydrogens (primary N) is 1. The molecule has 1 fully saturated rings. The fraction of sp³-hybridized carbons (Fsp3) is 0.700. The number of ether oxygens (including phenoxy) is 1. The molecule has 1 aliphatic carbocycles. The van der Waals surface area contributed by atoms with E-state index in [2.05, 4.69) is 10.6 Å². The Hall–Kier alpha value is -1.83. The number of hydrogen-bond acceptors (Lipinski definition) is 4. The maximum absolute atomic E-state index is 11.4. The normalized spacial score (nSPS) is 15.8. The summed E-state index contributed by atoms with van der Waals surface area (Å²) < 4.78 is 4.82. The van der Waals surface area contributed by atoms with Crippen LogP contribution >= 0.6 is 0 Å². The molecule has 0 radical (unpaired) electrons. The number of hydrogen-bond donors (Lipinski definition) is 4. The number of primary amides is 1. The molecule has 3 amide bonds. The first-order valence-electron chi connectivity index (χ1n) is 5.64. The second kappa shape index (κ2) is 6.80. The molecule has 1 saturated carbocycles. The van der Waals surface area contributed by atoms with Gasteiger partial charge in [-0.25, -0.2) is 9.59 Å². The molecule has 1 aliphatic rings. The number of nitrogens with one attached hydrogen (secondary N) is 2. The van der Waals surface area contributed by atoms with Crippen molar-refractivity contribution < 1.29 is 24.2 Å². The molecule has 0 aromatic heterocycles. The maximum atomic E-state index is 11.4. The lowest BCUT2D eigenvalue weighted by molar-refractivity contribution is -0.139. The van der Waals surface area contributed by atoms with Crippen LogP contribution in [0.1, 0.15) is 12.8 Å². The molecule has 1 unspecified atom stereocenters. The maximum Gasteiger partial charge on any atom is 0.326 e. The van der Waals surface area contributed by atoms with Gasteiger partial charge in [0.15, 0.2) is 0 Å². The van der Waals surface area contributed by atoms with E-state index in [4.69, 9.17) is 15.6 Å². The first-order chi connectivity index (χ1) is 8.50. The molecule has 1 atom stereocenters. The van der Waals surface area contributed by atoms with Crippen LogP contribution in [0.2, 0.25) is 0 Å². The van der Waals surface area contributed by atoms with Crippen molar-refractivity contribution in [1.29, 1.82) is 0 Å².